The average molecular weight is 432 g/mol. The Morgan fingerprint density at radius 3 is 2.40 bits per heavy atom. The molecule has 2 aromatic rings. The standard InChI is InChI=1S/C21H21F5O4/c1-2-29-19(28)17(18(27)14-6-8-15(22)9-7-14)11-13-4-3-5-16(10-13)30-12-21(25,26)20(23)24/h3-10,17-18,20,27H,2,11-12H2,1H3. The molecule has 0 aliphatic rings. The number of benzene rings is 2. The fourth-order valence-corrected chi connectivity index (χ4v) is 2.72. The van der Waals surface area contributed by atoms with E-state index in [0.29, 0.717) is 11.1 Å². The maximum atomic E-state index is 13.1. The maximum absolute atomic E-state index is 13.1. The van der Waals surface area contributed by atoms with Crippen LogP contribution in [0.3, 0.4) is 0 Å². The molecule has 0 aliphatic carbocycles. The van der Waals surface area contributed by atoms with Crippen LogP contribution in [0, 0.1) is 11.7 Å². The second-order valence-corrected chi connectivity index (χ2v) is 6.56. The van der Waals surface area contributed by atoms with Gasteiger partial charge in [-0.3, -0.25) is 4.79 Å². The van der Waals surface area contributed by atoms with Crippen LogP contribution in [0.4, 0.5) is 22.0 Å². The summed E-state index contributed by atoms with van der Waals surface area (Å²) in [5.41, 5.74) is 0.713. The van der Waals surface area contributed by atoms with E-state index in [4.69, 9.17) is 9.47 Å². The molecular weight excluding hydrogens is 411 g/mol. The zero-order valence-electron chi connectivity index (χ0n) is 16.0. The zero-order chi connectivity index (χ0) is 22.3. The molecule has 0 fully saturated rings. The molecule has 9 heteroatoms. The van der Waals surface area contributed by atoms with Crippen LogP contribution in [-0.2, 0) is 16.0 Å². The predicted octanol–water partition coefficient (Wildman–Crippen LogP) is 4.56. The highest BCUT2D eigenvalue weighted by Gasteiger charge is 2.41. The number of esters is 1. The molecule has 0 saturated carbocycles. The molecule has 2 aromatic carbocycles. The van der Waals surface area contributed by atoms with E-state index in [1.54, 1.807) is 13.0 Å². The molecule has 0 spiro atoms. The van der Waals surface area contributed by atoms with Crippen LogP contribution in [0.2, 0.25) is 0 Å². The van der Waals surface area contributed by atoms with Gasteiger partial charge in [0.1, 0.15) is 11.6 Å². The van der Waals surface area contributed by atoms with E-state index >= 15 is 0 Å². The van der Waals surface area contributed by atoms with Gasteiger partial charge < -0.3 is 14.6 Å². The smallest absolute Gasteiger partial charge is 0.340 e. The summed E-state index contributed by atoms with van der Waals surface area (Å²) in [6.45, 7) is 0.155. The summed E-state index contributed by atoms with van der Waals surface area (Å²) in [5, 5.41) is 10.6. The highest BCUT2D eigenvalue weighted by atomic mass is 19.3. The Bertz CT molecular complexity index is 826. The lowest BCUT2D eigenvalue weighted by atomic mass is 9.89. The summed E-state index contributed by atoms with van der Waals surface area (Å²) in [5.74, 6) is -6.68. The Labute approximate surface area is 170 Å². The molecule has 1 N–H and O–H groups in total. The Balaban J connectivity index is 2.19. The van der Waals surface area contributed by atoms with Crippen LogP contribution < -0.4 is 4.74 Å². The van der Waals surface area contributed by atoms with Crippen molar-refractivity contribution in [2.75, 3.05) is 13.2 Å². The van der Waals surface area contributed by atoms with Crippen LogP contribution in [-0.4, -0.2) is 36.6 Å². The molecule has 0 aromatic heterocycles. The van der Waals surface area contributed by atoms with Crippen molar-refractivity contribution >= 4 is 5.97 Å². The first-order valence-electron chi connectivity index (χ1n) is 9.12. The number of hydrogen-bond donors (Lipinski definition) is 1. The fourth-order valence-electron chi connectivity index (χ4n) is 2.72. The van der Waals surface area contributed by atoms with Gasteiger partial charge in [0.15, 0.2) is 6.61 Å². The monoisotopic (exact) mass is 432 g/mol. The van der Waals surface area contributed by atoms with Crippen molar-refractivity contribution in [1.29, 1.82) is 0 Å². The van der Waals surface area contributed by atoms with Gasteiger partial charge in [-0.1, -0.05) is 24.3 Å². The third-order valence-electron chi connectivity index (χ3n) is 4.29. The van der Waals surface area contributed by atoms with E-state index in [0.717, 1.165) is 12.1 Å². The predicted molar refractivity (Wildman–Crippen MR) is 98.1 cm³/mol. The lowest BCUT2D eigenvalue weighted by Crippen LogP contribution is -2.33. The van der Waals surface area contributed by atoms with Gasteiger partial charge in [0.2, 0.25) is 0 Å². The SMILES string of the molecule is CCOC(=O)C(Cc1cccc(OCC(F)(F)C(F)F)c1)C(O)c1ccc(F)cc1. The van der Waals surface area contributed by atoms with E-state index in [-0.39, 0.29) is 18.8 Å². The highest BCUT2D eigenvalue weighted by molar-refractivity contribution is 5.74. The summed E-state index contributed by atoms with van der Waals surface area (Å²) in [6.07, 6.45) is -5.24. The molecule has 0 heterocycles. The third kappa shape index (κ3) is 6.41. The number of aliphatic hydroxyl groups is 1. The van der Waals surface area contributed by atoms with Gasteiger partial charge in [-0.15, -0.1) is 0 Å². The average Bonchev–Trinajstić information content (AvgIpc) is 2.71. The van der Waals surface area contributed by atoms with Crippen LogP contribution in [0.15, 0.2) is 48.5 Å². The van der Waals surface area contributed by atoms with Gasteiger partial charge in [0.05, 0.1) is 18.6 Å². The maximum Gasteiger partial charge on any atom is 0.340 e. The van der Waals surface area contributed by atoms with E-state index in [2.05, 4.69) is 0 Å². The molecule has 30 heavy (non-hydrogen) atoms. The van der Waals surface area contributed by atoms with E-state index in [9.17, 15) is 31.9 Å². The summed E-state index contributed by atoms with van der Waals surface area (Å²) in [7, 11) is 0. The Morgan fingerprint density at radius 2 is 1.80 bits per heavy atom. The number of alkyl halides is 4. The normalized spacial score (nSPS) is 13.7. The molecule has 164 valence electrons. The van der Waals surface area contributed by atoms with E-state index in [1.807, 2.05) is 0 Å². The van der Waals surface area contributed by atoms with Gasteiger partial charge in [-0.25, -0.2) is 13.2 Å². The van der Waals surface area contributed by atoms with Crippen molar-refractivity contribution in [3.63, 3.8) is 0 Å². The topological polar surface area (TPSA) is 55.8 Å². The van der Waals surface area contributed by atoms with Gasteiger partial charge in [-0.2, -0.15) is 8.78 Å². The number of aliphatic hydroxyl groups excluding tert-OH is 1. The van der Waals surface area contributed by atoms with Crippen molar-refractivity contribution in [3.8, 4) is 5.75 Å². The first-order valence-corrected chi connectivity index (χ1v) is 9.12. The Kier molecular flexibility index (Phi) is 8.16. The molecule has 0 radical (unpaired) electrons. The van der Waals surface area contributed by atoms with E-state index < -0.39 is 42.8 Å². The lowest BCUT2D eigenvalue weighted by Gasteiger charge is -2.22. The number of carbonyl (C=O) groups excluding carboxylic acids is 1. The number of rotatable bonds is 10. The first-order chi connectivity index (χ1) is 14.1. The van der Waals surface area contributed by atoms with Crippen molar-refractivity contribution in [2.24, 2.45) is 5.92 Å². The number of carbonyl (C=O) groups is 1. The minimum absolute atomic E-state index is 0.0557. The van der Waals surface area contributed by atoms with Gasteiger partial charge >= 0.3 is 18.3 Å². The summed E-state index contributed by atoms with van der Waals surface area (Å²) in [6, 6.07) is 10.6. The molecule has 4 nitrogen and oxygen atoms in total. The molecule has 0 saturated heterocycles. The minimum Gasteiger partial charge on any atom is -0.487 e. The second-order valence-electron chi connectivity index (χ2n) is 6.56. The molecule has 0 aliphatic heterocycles. The van der Waals surface area contributed by atoms with Crippen LogP contribution in [0.25, 0.3) is 0 Å². The first kappa shape index (κ1) is 23.6. The van der Waals surface area contributed by atoms with Crippen LogP contribution in [0.1, 0.15) is 24.2 Å². The molecule has 2 unspecified atom stereocenters. The van der Waals surface area contributed by atoms with Gasteiger partial charge in [0, 0.05) is 0 Å². The quantitative estimate of drug-likeness (QED) is 0.442. The number of ether oxygens (including phenoxy) is 2. The van der Waals surface area contributed by atoms with Crippen molar-refractivity contribution < 1.29 is 41.3 Å². The molecule has 2 rings (SSSR count). The summed E-state index contributed by atoms with van der Waals surface area (Å²) in [4.78, 5) is 12.4. The molecule has 0 bridgehead atoms. The van der Waals surface area contributed by atoms with Crippen LogP contribution in [0.5, 0.6) is 5.75 Å². The van der Waals surface area contributed by atoms with Crippen LogP contribution >= 0.6 is 0 Å². The third-order valence-corrected chi connectivity index (χ3v) is 4.29. The van der Waals surface area contributed by atoms with Gasteiger partial charge in [0.25, 0.3) is 0 Å². The summed E-state index contributed by atoms with van der Waals surface area (Å²) < 4.78 is 73.6. The molecule has 2 atom stereocenters. The van der Waals surface area contributed by atoms with Crippen molar-refractivity contribution in [1.82, 2.24) is 0 Å². The molecular formula is C21H21F5O4. The van der Waals surface area contributed by atoms with E-state index in [1.165, 1.54) is 30.3 Å². The van der Waals surface area contributed by atoms with Crippen molar-refractivity contribution in [3.05, 3.63) is 65.5 Å². The van der Waals surface area contributed by atoms with Crippen molar-refractivity contribution in [2.45, 2.75) is 31.8 Å². The largest absolute Gasteiger partial charge is 0.487 e. The fraction of sp³-hybridized carbons (Fsp3) is 0.381. The number of hydrogen-bond acceptors (Lipinski definition) is 4. The second kappa shape index (κ2) is 10.4. The zero-order valence-corrected chi connectivity index (χ0v) is 16.0. The number of halogens is 5. The Hall–Kier alpha value is -2.68. The summed E-state index contributed by atoms with van der Waals surface area (Å²) >= 11 is 0. The van der Waals surface area contributed by atoms with Gasteiger partial charge in [-0.05, 0) is 48.7 Å². The minimum atomic E-state index is -4.30. The highest BCUT2D eigenvalue weighted by Crippen LogP contribution is 2.29. The molecule has 0 amide bonds. The Morgan fingerprint density at radius 1 is 1.13 bits per heavy atom. The lowest BCUT2D eigenvalue weighted by molar-refractivity contribution is -0.152.